The van der Waals surface area contributed by atoms with Crippen LogP contribution in [0.1, 0.15) is 11.1 Å². The predicted molar refractivity (Wildman–Crippen MR) is 102 cm³/mol. The van der Waals surface area contributed by atoms with Gasteiger partial charge in [0.2, 0.25) is 0 Å². The molecule has 0 saturated carbocycles. The summed E-state index contributed by atoms with van der Waals surface area (Å²) < 4.78 is 33.5. The van der Waals surface area contributed by atoms with Crippen LogP contribution in [0.5, 0.6) is 5.75 Å². The topological polar surface area (TPSA) is 59.0 Å². The van der Waals surface area contributed by atoms with E-state index in [4.69, 9.17) is 4.74 Å². The summed E-state index contributed by atoms with van der Waals surface area (Å²) >= 11 is 0. The van der Waals surface area contributed by atoms with Gasteiger partial charge in [-0.3, -0.25) is 0 Å². The molecule has 26 heavy (non-hydrogen) atoms. The minimum atomic E-state index is -3.39. The fraction of sp³-hybridized carbons (Fsp3) is 0.150. The summed E-state index contributed by atoms with van der Waals surface area (Å²) in [5.74, 6) is 1.29. The Morgan fingerprint density at radius 3 is 2.58 bits per heavy atom. The second-order valence-corrected chi connectivity index (χ2v) is 7.87. The summed E-state index contributed by atoms with van der Waals surface area (Å²) in [6, 6.07) is 17.6. The van der Waals surface area contributed by atoms with E-state index in [2.05, 4.69) is 4.40 Å². The van der Waals surface area contributed by atoms with Crippen LogP contribution in [-0.4, -0.2) is 31.5 Å². The van der Waals surface area contributed by atoms with Gasteiger partial charge in [0, 0.05) is 18.3 Å². The first-order valence-corrected chi connectivity index (χ1v) is 9.97. The van der Waals surface area contributed by atoms with Crippen molar-refractivity contribution in [2.75, 3.05) is 12.3 Å². The lowest BCUT2D eigenvalue weighted by Crippen LogP contribution is -2.37. The van der Waals surface area contributed by atoms with Gasteiger partial charge in [0.25, 0.3) is 10.0 Å². The van der Waals surface area contributed by atoms with E-state index in [1.54, 1.807) is 0 Å². The van der Waals surface area contributed by atoms with Crippen molar-refractivity contribution in [3.05, 3.63) is 84.1 Å². The number of ether oxygens (including phenoxy) is 1. The SMILES string of the molecule is O=S1(=O)CCN2C=CC=C(c3ccc(OCc4ccccc4)cc3)C2=N1. The molecule has 2 heterocycles. The maximum atomic E-state index is 11.9. The van der Waals surface area contributed by atoms with E-state index >= 15 is 0 Å². The lowest BCUT2D eigenvalue weighted by atomic mass is 10.0. The number of rotatable bonds is 4. The summed E-state index contributed by atoms with van der Waals surface area (Å²) in [6.07, 6.45) is 5.65. The monoisotopic (exact) mass is 366 g/mol. The number of amidine groups is 1. The van der Waals surface area contributed by atoms with Crippen LogP contribution >= 0.6 is 0 Å². The van der Waals surface area contributed by atoms with Gasteiger partial charge < -0.3 is 9.64 Å². The lowest BCUT2D eigenvalue weighted by molar-refractivity contribution is 0.306. The Bertz CT molecular complexity index is 991. The van der Waals surface area contributed by atoms with Gasteiger partial charge in [-0.2, -0.15) is 0 Å². The molecule has 0 unspecified atom stereocenters. The van der Waals surface area contributed by atoms with Crippen molar-refractivity contribution in [2.45, 2.75) is 6.61 Å². The Morgan fingerprint density at radius 1 is 1.04 bits per heavy atom. The fourth-order valence-corrected chi connectivity index (χ4v) is 3.90. The molecule has 6 heteroatoms. The van der Waals surface area contributed by atoms with E-state index in [9.17, 15) is 8.42 Å². The molecule has 2 aromatic carbocycles. The van der Waals surface area contributed by atoms with E-state index in [1.807, 2.05) is 77.8 Å². The summed E-state index contributed by atoms with van der Waals surface area (Å²) in [5, 5.41) is 0. The second kappa shape index (κ2) is 6.80. The minimum absolute atomic E-state index is 0.0420. The molecule has 0 atom stereocenters. The maximum Gasteiger partial charge on any atom is 0.256 e. The zero-order chi connectivity index (χ0) is 18.0. The molecule has 132 valence electrons. The molecule has 4 rings (SSSR count). The number of allylic oxidation sites excluding steroid dienone is 2. The van der Waals surface area contributed by atoms with Crippen molar-refractivity contribution in [1.29, 1.82) is 0 Å². The minimum Gasteiger partial charge on any atom is -0.489 e. The van der Waals surface area contributed by atoms with Gasteiger partial charge >= 0.3 is 0 Å². The van der Waals surface area contributed by atoms with Crippen LogP contribution in [0.3, 0.4) is 0 Å². The van der Waals surface area contributed by atoms with Gasteiger partial charge in [-0.05, 0) is 35.4 Å². The van der Waals surface area contributed by atoms with Crippen LogP contribution in [0.25, 0.3) is 5.57 Å². The third-order valence-electron chi connectivity index (χ3n) is 4.27. The average molecular weight is 366 g/mol. The first-order valence-electron chi connectivity index (χ1n) is 8.36. The zero-order valence-corrected chi connectivity index (χ0v) is 14.9. The lowest BCUT2D eigenvalue weighted by Gasteiger charge is -2.29. The van der Waals surface area contributed by atoms with Crippen LogP contribution in [-0.2, 0) is 16.6 Å². The normalized spacial score (nSPS) is 17.9. The Hall–Kier alpha value is -2.86. The van der Waals surface area contributed by atoms with Gasteiger partial charge in [0.15, 0.2) is 5.84 Å². The van der Waals surface area contributed by atoms with Crippen molar-refractivity contribution in [1.82, 2.24) is 4.90 Å². The number of fused-ring (bicyclic) bond motifs is 1. The molecular formula is C20H18N2O3S. The third kappa shape index (κ3) is 3.55. The summed E-state index contributed by atoms with van der Waals surface area (Å²) in [4.78, 5) is 1.87. The highest BCUT2D eigenvalue weighted by Gasteiger charge is 2.27. The Morgan fingerprint density at radius 2 is 1.81 bits per heavy atom. The molecule has 0 N–H and O–H groups in total. The fourth-order valence-electron chi connectivity index (χ4n) is 2.91. The van der Waals surface area contributed by atoms with E-state index in [0.717, 1.165) is 22.4 Å². The molecule has 0 fully saturated rings. The van der Waals surface area contributed by atoms with Crippen LogP contribution < -0.4 is 4.74 Å². The summed E-state index contributed by atoms with van der Waals surface area (Å²) in [7, 11) is -3.39. The standard InChI is InChI=1S/C20H18N2O3S/c23-26(24)14-13-22-12-4-7-19(20(22)21-26)17-8-10-18(11-9-17)25-15-16-5-2-1-3-6-16/h1-12H,13-15H2. The molecule has 2 aliphatic heterocycles. The molecule has 0 amide bonds. The average Bonchev–Trinajstić information content (AvgIpc) is 2.66. The number of sulfonamides is 1. The highest BCUT2D eigenvalue weighted by Crippen LogP contribution is 2.27. The van der Waals surface area contributed by atoms with E-state index in [0.29, 0.717) is 19.0 Å². The van der Waals surface area contributed by atoms with Crippen LogP contribution in [0, 0.1) is 0 Å². The molecule has 0 radical (unpaired) electrons. The number of hydrogen-bond acceptors (Lipinski definition) is 4. The Kier molecular flexibility index (Phi) is 4.34. The Labute approximate surface area is 153 Å². The van der Waals surface area contributed by atoms with Gasteiger partial charge in [-0.25, -0.2) is 8.42 Å². The van der Waals surface area contributed by atoms with Crippen LogP contribution in [0.4, 0.5) is 0 Å². The smallest absolute Gasteiger partial charge is 0.256 e. The molecule has 2 aromatic rings. The molecule has 0 spiro atoms. The van der Waals surface area contributed by atoms with E-state index in [-0.39, 0.29) is 5.75 Å². The highest BCUT2D eigenvalue weighted by molar-refractivity contribution is 7.90. The van der Waals surface area contributed by atoms with Crippen molar-refractivity contribution in [3.63, 3.8) is 0 Å². The number of hydrogen-bond donors (Lipinski definition) is 0. The maximum absolute atomic E-state index is 11.9. The molecule has 0 aromatic heterocycles. The molecule has 0 bridgehead atoms. The predicted octanol–water partition coefficient (Wildman–Crippen LogP) is 3.22. The zero-order valence-electron chi connectivity index (χ0n) is 14.1. The first-order chi connectivity index (χ1) is 12.6. The first kappa shape index (κ1) is 16.6. The van der Waals surface area contributed by atoms with Gasteiger partial charge in [0.1, 0.15) is 12.4 Å². The molecular weight excluding hydrogens is 348 g/mol. The highest BCUT2D eigenvalue weighted by atomic mass is 32.2. The Balaban J connectivity index is 1.54. The summed E-state index contributed by atoms with van der Waals surface area (Å²) in [5.41, 5.74) is 2.81. The number of benzene rings is 2. The molecule has 0 aliphatic carbocycles. The molecule has 2 aliphatic rings. The largest absolute Gasteiger partial charge is 0.489 e. The van der Waals surface area contributed by atoms with E-state index in [1.165, 1.54) is 0 Å². The van der Waals surface area contributed by atoms with Crippen molar-refractivity contribution in [2.24, 2.45) is 4.40 Å². The molecule has 5 nitrogen and oxygen atoms in total. The van der Waals surface area contributed by atoms with Gasteiger partial charge in [0.05, 0.1) is 5.75 Å². The van der Waals surface area contributed by atoms with Crippen LogP contribution in [0.15, 0.2) is 77.3 Å². The third-order valence-corrected chi connectivity index (χ3v) is 5.42. The number of nitrogens with zero attached hydrogens (tertiary/aromatic N) is 2. The van der Waals surface area contributed by atoms with Crippen molar-refractivity contribution in [3.8, 4) is 5.75 Å². The van der Waals surface area contributed by atoms with Crippen molar-refractivity contribution >= 4 is 21.4 Å². The summed E-state index contributed by atoms with van der Waals surface area (Å²) in [6.45, 7) is 0.928. The van der Waals surface area contributed by atoms with Crippen molar-refractivity contribution < 1.29 is 13.2 Å². The van der Waals surface area contributed by atoms with Gasteiger partial charge in [-0.15, -0.1) is 4.40 Å². The quantitative estimate of drug-likeness (QED) is 0.834. The van der Waals surface area contributed by atoms with Gasteiger partial charge in [-0.1, -0.05) is 42.5 Å². The van der Waals surface area contributed by atoms with E-state index < -0.39 is 10.0 Å². The van der Waals surface area contributed by atoms with Crippen LogP contribution in [0.2, 0.25) is 0 Å². The second-order valence-electron chi connectivity index (χ2n) is 6.11. The molecule has 0 saturated heterocycles.